The van der Waals surface area contributed by atoms with Gasteiger partial charge in [0.15, 0.2) is 0 Å². The van der Waals surface area contributed by atoms with Gasteiger partial charge in [0.05, 0.1) is 12.0 Å². The topological polar surface area (TPSA) is 69.6 Å². The van der Waals surface area contributed by atoms with Crippen LogP contribution in [0.25, 0.3) is 0 Å². The van der Waals surface area contributed by atoms with Crippen LogP contribution >= 0.6 is 0 Å². The number of rotatable bonds is 6. The molecule has 0 saturated carbocycles. The number of carbonyl (C=O) groups excluding carboxylic acids is 1. The summed E-state index contributed by atoms with van der Waals surface area (Å²) in [6.45, 7) is 14.6. The van der Waals surface area contributed by atoms with Crippen LogP contribution < -0.4 is 5.32 Å². The molecular weight excluding hydrogens is 340 g/mol. The summed E-state index contributed by atoms with van der Waals surface area (Å²) in [6.07, 6.45) is 1.40. The molecule has 2 rings (SSSR count). The Balaban J connectivity index is 1.86. The van der Waals surface area contributed by atoms with Crippen molar-refractivity contribution < 1.29 is 14.7 Å². The van der Waals surface area contributed by atoms with E-state index in [1.807, 2.05) is 4.90 Å². The van der Waals surface area contributed by atoms with Gasteiger partial charge in [-0.25, -0.2) is 0 Å². The number of carboxylic acids is 1. The smallest absolute Gasteiger partial charge is 0.310 e. The molecule has 5 heteroatoms. The highest BCUT2D eigenvalue weighted by Gasteiger charge is 2.40. The van der Waals surface area contributed by atoms with Gasteiger partial charge in [0.1, 0.15) is 0 Å². The van der Waals surface area contributed by atoms with E-state index in [0.717, 1.165) is 6.42 Å². The number of aryl methyl sites for hydroxylation is 2. The van der Waals surface area contributed by atoms with E-state index in [1.165, 1.54) is 22.3 Å². The predicted molar refractivity (Wildman–Crippen MR) is 108 cm³/mol. The van der Waals surface area contributed by atoms with Crippen LogP contribution in [0.5, 0.6) is 0 Å². The van der Waals surface area contributed by atoms with Gasteiger partial charge in [-0.05, 0) is 67.8 Å². The van der Waals surface area contributed by atoms with E-state index in [2.05, 4.69) is 52.1 Å². The van der Waals surface area contributed by atoms with Crippen LogP contribution in [0.15, 0.2) is 12.1 Å². The lowest BCUT2D eigenvalue weighted by Crippen LogP contribution is -2.39. The standard InChI is InChI=1S/C22H34N2O3/c1-15-11-17(21(3,4)5)12-16(2)18(15)7-9-23-19(25)13-24-10-8-22(6,14-24)20(26)27/h11-12H,7-10,13-14H2,1-6H3,(H,23,25)(H,26,27). The fourth-order valence-electron chi connectivity index (χ4n) is 3.77. The SMILES string of the molecule is Cc1cc(C(C)(C)C)cc(C)c1CCNC(=O)CN1CCC(C)(C(=O)O)C1. The summed E-state index contributed by atoms with van der Waals surface area (Å²) >= 11 is 0. The van der Waals surface area contributed by atoms with E-state index < -0.39 is 11.4 Å². The summed E-state index contributed by atoms with van der Waals surface area (Å²) in [5.74, 6) is -0.818. The van der Waals surface area contributed by atoms with Gasteiger partial charge in [-0.1, -0.05) is 32.9 Å². The molecule has 1 aliphatic rings. The molecule has 1 fully saturated rings. The molecule has 27 heavy (non-hydrogen) atoms. The average Bonchev–Trinajstić information content (AvgIpc) is 2.91. The Labute approximate surface area is 163 Å². The van der Waals surface area contributed by atoms with Crippen molar-refractivity contribution in [1.82, 2.24) is 10.2 Å². The average molecular weight is 375 g/mol. The number of likely N-dealkylation sites (tertiary alicyclic amines) is 1. The van der Waals surface area contributed by atoms with Gasteiger partial charge in [0.25, 0.3) is 0 Å². The Hall–Kier alpha value is -1.88. The van der Waals surface area contributed by atoms with Crippen molar-refractivity contribution in [3.8, 4) is 0 Å². The van der Waals surface area contributed by atoms with E-state index in [1.54, 1.807) is 6.92 Å². The molecule has 0 bridgehead atoms. The van der Waals surface area contributed by atoms with Crippen LogP contribution in [0, 0.1) is 19.3 Å². The molecule has 1 heterocycles. The van der Waals surface area contributed by atoms with E-state index in [-0.39, 0.29) is 17.9 Å². The van der Waals surface area contributed by atoms with Crippen molar-refractivity contribution in [2.45, 2.75) is 59.8 Å². The third-order valence-corrected chi connectivity index (χ3v) is 5.70. The van der Waals surface area contributed by atoms with Crippen LogP contribution in [0.4, 0.5) is 0 Å². The monoisotopic (exact) mass is 374 g/mol. The molecule has 0 aliphatic carbocycles. The minimum absolute atomic E-state index is 0.0359. The van der Waals surface area contributed by atoms with E-state index in [0.29, 0.717) is 26.1 Å². The number of carboxylic acid groups (broad SMARTS) is 1. The Bertz CT molecular complexity index is 698. The molecule has 1 atom stereocenters. The second-order valence-electron chi connectivity index (χ2n) is 9.27. The highest BCUT2D eigenvalue weighted by atomic mass is 16.4. The molecule has 1 unspecified atom stereocenters. The number of hydrogen-bond donors (Lipinski definition) is 2. The van der Waals surface area contributed by atoms with Gasteiger partial charge in [-0.3, -0.25) is 14.5 Å². The largest absolute Gasteiger partial charge is 0.481 e. The molecule has 0 aromatic heterocycles. The van der Waals surface area contributed by atoms with Crippen LogP contribution in [-0.4, -0.2) is 48.1 Å². The lowest BCUT2D eigenvalue weighted by molar-refractivity contribution is -0.147. The van der Waals surface area contributed by atoms with E-state index in [9.17, 15) is 14.7 Å². The quantitative estimate of drug-likeness (QED) is 0.803. The van der Waals surface area contributed by atoms with Crippen molar-refractivity contribution in [3.05, 3.63) is 34.4 Å². The lowest BCUT2D eigenvalue weighted by Gasteiger charge is -2.22. The molecular formula is C22H34N2O3. The van der Waals surface area contributed by atoms with Crippen molar-refractivity contribution in [1.29, 1.82) is 0 Å². The van der Waals surface area contributed by atoms with Gasteiger partial charge < -0.3 is 10.4 Å². The van der Waals surface area contributed by atoms with Crippen LogP contribution in [0.2, 0.25) is 0 Å². The molecule has 1 aliphatic heterocycles. The second-order valence-corrected chi connectivity index (χ2v) is 9.27. The van der Waals surface area contributed by atoms with Crippen molar-refractivity contribution in [2.75, 3.05) is 26.2 Å². The molecule has 0 radical (unpaired) electrons. The first-order valence-corrected chi connectivity index (χ1v) is 9.75. The van der Waals surface area contributed by atoms with E-state index >= 15 is 0 Å². The Morgan fingerprint density at radius 2 is 1.81 bits per heavy atom. The second kappa shape index (κ2) is 8.01. The molecule has 1 saturated heterocycles. The normalized spacial score (nSPS) is 20.7. The fraction of sp³-hybridized carbons (Fsp3) is 0.636. The zero-order valence-electron chi connectivity index (χ0n) is 17.6. The van der Waals surface area contributed by atoms with E-state index in [4.69, 9.17) is 0 Å². The van der Waals surface area contributed by atoms with Gasteiger partial charge in [0.2, 0.25) is 5.91 Å². The maximum atomic E-state index is 12.2. The zero-order valence-corrected chi connectivity index (χ0v) is 17.6. The lowest BCUT2D eigenvalue weighted by atomic mass is 9.83. The molecule has 5 nitrogen and oxygen atoms in total. The van der Waals surface area contributed by atoms with Crippen molar-refractivity contribution in [2.24, 2.45) is 5.41 Å². The van der Waals surface area contributed by atoms with Crippen LogP contribution in [-0.2, 0) is 21.4 Å². The first-order valence-electron chi connectivity index (χ1n) is 9.75. The van der Waals surface area contributed by atoms with Gasteiger partial charge in [-0.15, -0.1) is 0 Å². The maximum Gasteiger partial charge on any atom is 0.310 e. The summed E-state index contributed by atoms with van der Waals surface area (Å²) in [6, 6.07) is 4.50. The summed E-state index contributed by atoms with van der Waals surface area (Å²) < 4.78 is 0. The van der Waals surface area contributed by atoms with Crippen molar-refractivity contribution >= 4 is 11.9 Å². The highest BCUT2D eigenvalue weighted by molar-refractivity contribution is 5.79. The van der Waals surface area contributed by atoms with Crippen LogP contribution in [0.1, 0.15) is 56.4 Å². The molecule has 1 amide bonds. The van der Waals surface area contributed by atoms with Gasteiger partial charge in [-0.2, -0.15) is 0 Å². The third kappa shape index (κ3) is 5.32. The minimum atomic E-state index is -0.782. The molecule has 2 N–H and O–H groups in total. The fourth-order valence-corrected chi connectivity index (χ4v) is 3.77. The minimum Gasteiger partial charge on any atom is -0.481 e. The molecule has 150 valence electrons. The highest BCUT2D eigenvalue weighted by Crippen LogP contribution is 2.30. The summed E-state index contributed by atoms with van der Waals surface area (Å²) in [5, 5.41) is 12.3. The molecule has 1 aromatic rings. The number of benzene rings is 1. The Morgan fingerprint density at radius 3 is 2.30 bits per heavy atom. The number of nitrogens with one attached hydrogen (secondary N) is 1. The van der Waals surface area contributed by atoms with Gasteiger partial charge in [0, 0.05) is 13.1 Å². The first-order chi connectivity index (χ1) is 12.4. The summed E-state index contributed by atoms with van der Waals surface area (Å²) in [5.41, 5.74) is 4.56. The molecule has 1 aromatic carbocycles. The Kier molecular flexibility index (Phi) is 6.35. The van der Waals surface area contributed by atoms with Crippen molar-refractivity contribution in [3.63, 3.8) is 0 Å². The third-order valence-electron chi connectivity index (χ3n) is 5.70. The maximum absolute atomic E-state index is 12.2. The molecule has 0 spiro atoms. The summed E-state index contributed by atoms with van der Waals surface area (Å²) in [4.78, 5) is 25.5. The number of hydrogen-bond acceptors (Lipinski definition) is 3. The van der Waals surface area contributed by atoms with Crippen LogP contribution in [0.3, 0.4) is 0 Å². The number of aliphatic carboxylic acids is 1. The zero-order chi connectivity index (χ0) is 20.4. The summed E-state index contributed by atoms with van der Waals surface area (Å²) in [7, 11) is 0. The number of nitrogens with zero attached hydrogens (tertiary/aromatic N) is 1. The number of amides is 1. The predicted octanol–water partition coefficient (Wildman–Crippen LogP) is 3.06. The first kappa shape index (κ1) is 21.4. The number of carbonyl (C=O) groups is 2. The Morgan fingerprint density at radius 1 is 1.22 bits per heavy atom. The van der Waals surface area contributed by atoms with Gasteiger partial charge >= 0.3 is 5.97 Å².